The zero-order valence-corrected chi connectivity index (χ0v) is 13.7. The second kappa shape index (κ2) is 5.82. The number of amides is 1. The highest BCUT2D eigenvalue weighted by Gasteiger charge is 2.27. The number of thiophene rings is 1. The molecule has 112 valence electrons. The molecule has 2 aromatic heterocycles. The third kappa shape index (κ3) is 2.55. The van der Waals surface area contributed by atoms with Crippen LogP contribution < -0.4 is 0 Å². The third-order valence-corrected chi connectivity index (χ3v) is 6.19. The van der Waals surface area contributed by atoms with E-state index >= 15 is 0 Å². The first-order valence-corrected chi connectivity index (χ1v) is 9.18. The lowest BCUT2D eigenvalue weighted by Gasteiger charge is -2.31. The summed E-state index contributed by atoms with van der Waals surface area (Å²) < 4.78 is 1.18. The summed E-state index contributed by atoms with van der Waals surface area (Å²) in [6.07, 6.45) is 4.04. The Morgan fingerprint density at radius 3 is 3.05 bits per heavy atom. The van der Waals surface area contributed by atoms with Gasteiger partial charge in [-0.25, -0.2) is 4.98 Å². The second-order valence-corrected chi connectivity index (χ2v) is 7.62. The highest BCUT2D eigenvalue weighted by atomic mass is 32.1. The van der Waals surface area contributed by atoms with Gasteiger partial charge in [0.05, 0.1) is 9.88 Å². The Balaban J connectivity index is 1.56. The minimum Gasteiger partial charge on any atom is -0.337 e. The summed E-state index contributed by atoms with van der Waals surface area (Å²) in [5.74, 6) is 0.564. The monoisotopic (exact) mass is 328 g/mol. The van der Waals surface area contributed by atoms with Crippen molar-refractivity contribution >= 4 is 38.7 Å². The standard InChI is InChI=1S/C17H16N2OS2/c20-17(15-10-12-4-1-2-6-14(12)22-15)19-8-3-5-13(11-19)16-18-7-9-21-16/h1-2,4,6-7,9-10,13H,3,5,8,11H2. The molecule has 1 atom stereocenters. The van der Waals surface area contributed by atoms with Crippen LogP contribution in [0, 0.1) is 0 Å². The van der Waals surface area contributed by atoms with Crippen LogP contribution in [0.3, 0.4) is 0 Å². The average Bonchev–Trinajstić information content (AvgIpc) is 3.23. The number of aromatic nitrogens is 1. The van der Waals surface area contributed by atoms with Crippen molar-refractivity contribution in [2.75, 3.05) is 13.1 Å². The molecule has 0 radical (unpaired) electrons. The molecule has 0 spiro atoms. The van der Waals surface area contributed by atoms with Crippen molar-refractivity contribution in [3.05, 3.63) is 51.8 Å². The van der Waals surface area contributed by atoms with Gasteiger partial charge in [-0.2, -0.15) is 0 Å². The van der Waals surface area contributed by atoms with E-state index in [1.54, 1.807) is 22.7 Å². The predicted octanol–water partition coefficient (Wildman–Crippen LogP) is 4.38. The number of hydrogen-bond donors (Lipinski definition) is 0. The lowest BCUT2D eigenvalue weighted by atomic mass is 9.98. The van der Waals surface area contributed by atoms with Crippen molar-refractivity contribution in [1.82, 2.24) is 9.88 Å². The van der Waals surface area contributed by atoms with Gasteiger partial charge in [0.25, 0.3) is 5.91 Å². The molecule has 0 saturated carbocycles. The zero-order valence-electron chi connectivity index (χ0n) is 12.1. The van der Waals surface area contributed by atoms with Gasteiger partial charge in [0.15, 0.2) is 0 Å². The Kier molecular flexibility index (Phi) is 3.68. The molecule has 3 heterocycles. The van der Waals surface area contributed by atoms with Gasteiger partial charge in [0, 0.05) is 35.3 Å². The highest BCUT2D eigenvalue weighted by molar-refractivity contribution is 7.20. The molecule has 0 N–H and O–H groups in total. The van der Waals surface area contributed by atoms with Gasteiger partial charge in [-0.3, -0.25) is 4.79 Å². The van der Waals surface area contributed by atoms with Crippen LogP contribution in [0.1, 0.15) is 33.4 Å². The molecule has 3 aromatic rings. The molecule has 1 fully saturated rings. The number of fused-ring (bicyclic) bond motifs is 1. The molecule has 4 rings (SSSR count). The first-order valence-electron chi connectivity index (χ1n) is 7.48. The summed E-state index contributed by atoms with van der Waals surface area (Å²) in [4.78, 5) is 20.1. The van der Waals surface area contributed by atoms with E-state index in [-0.39, 0.29) is 5.91 Å². The molecule has 3 nitrogen and oxygen atoms in total. The van der Waals surface area contributed by atoms with Crippen LogP contribution in [0.15, 0.2) is 41.9 Å². The Labute approximate surface area is 137 Å². The van der Waals surface area contributed by atoms with E-state index in [1.807, 2.05) is 34.7 Å². The number of nitrogens with zero attached hydrogens (tertiary/aromatic N) is 2. The molecular weight excluding hydrogens is 312 g/mol. The van der Waals surface area contributed by atoms with Gasteiger partial charge in [0.2, 0.25) is 0 Å². The number of carbonyl (C=O) groups is 1. The van der Waals surface area contributed by atoms with Crippen LogP contribution in [0.5, 0.6) is 0 Å². The maximum Gasteiger partial charge on any atom is 0.263 e. The van der Waals surface area contributed by atoms with Gasteiger partial charge in [-0.05, 0) is 30.4 Å². The van der Waals surface area contributed by atoms with Crippen molar-refractivity contribution in [2.24, 2.45) is 0 Å². The minimum absolute atomic E-state index is 0.169. The summed E-state index contributed by atoms with van der Waals surface area (Å²) in [5.41, 5.74) is 0. The lowest BCUT2D eigenvalue weighted by molar-refractivity contribution is 0.0712. The Morgan fingerprint density at radius 2 is 2.23 bits per heavy atom. The fraction of sp³-hybridized carbons (Fsp3) is 0.294. The number of thiazole rings is 1. The smallest absolute Gasteiger partial charge is 0.263 e. The van der Waals surface area contributed by atoms with Gasteiger partial charge in [0.1, 0.15) is 0 Å². The van der Waals surface area contributed by atoms with Crippen LogP contribution in [-0.4, -0.2) is 28.9 Å². The average molecular weight is 328 g/mol. The SMILES string of the molecule is O=C(c1cc2ccccc2s1)N1CCCC(c2nccs2)C1. The van der Waals surface area contributed by atoms with E-state index in [0.717, 1.165) is 41.2 Å². The van der Waals surface area contributed by atoms with Crippen LogP contribution in [0.25, 0.3) is 10.1 Å². The van der Waals surface area contributed by atoms with Crippen LogP contribution >= 0.6 is 22.7 Å². The van der Waals surface area contributed by atoms with Crippen LogP contribution in [-0.2, 0) is 0 Å². The summed E-state index contributed by atoms with van der Waals surface area (Å²) in [6.45, 7) is 1.65. The Bertz CT molecular complexity index is 761. The van der Waals surface area contributed by atoms with Crippen molar-refractivity contribution in [1.29, 1.82) is 0 Å². The molecule has 0 aliphatic carbocycles. The lowest BCUT2D eigenvalue weighted by Crippen LogP contribution is -2.38. The van der Waals surface area contributed by atoms with E-state index in [0.29, 0.717) is 5.92 Å². The number of carbonyl (C=O) groups excluding carboxylic acids is 1. The van der Waals surface area contributed by atoms with Crippen LogP contribution in [0.2, 0.25) is 0 Å². The maximum absolute atomic E-state index is 12.8. The summed E-state index contributed by atoms with van der Waals surface area (Å²) >= 11 is 3.29. The quantitative estimate of drug-likeness (QED) is 0.699. The third-order valence-electron chi connectivity index (χ3n) is 4.15. The normalized spacial score (nSPS) is 18.7. The summed E-state index contributed by atoms with van der Waals surface area (Å²) in [5, 5.41) is 4.33. The predicted molar refractivity (Wildman–Crippen MR) is 91.8 cm³/mol. The molecule has 5 heteroatoms. The topological polar surface area (TPSA) is 33.2 Å². The maximum atomic E-state index is 12.8. The van der Waals surface area contributed by atoms with E-state index in [2.05, 4.69) is 17.1 Å². The molecule has 1 aromatic carbocycles. The largest absolute Gasteiger partial charge is 0.337 e. The first kappa shape index (κ1) is 13.9. The Hall–Kier alpha value is -1.72. The Morgan fingerprint density at radius 1 is 1.32 bits per heavy atom. The fourth-order valence-corrected chi connectivity index (χ4v) is 4.84. The second-order valence-electron chi connectivity index (χ2n) is 5.61. The number of benzene rings is 1. The molecule has 0 bridgehead atoms. The molecule has 1 saturated heterocycles. The summed E-state index contributed by atoms with van der Waals surface area (Å²) in [7, 11) is 0. The van der Waals surface area contributed by atoms with Gasteiger partial charge in [-0.1, -0.05) is 18.2 Å². The number of rotatable bonds is 2. The van der Waals surface area contributed by atoms with E-state index in [4.69, 9.17) is 0 Å². The van der Waals surface area contributed by atoms with Crippen molar-refractivity contribution in [3.63, 3.8) is 0 Å². The van der Waals surface area contributed by atoms with Crippen LogP contribution in [0.4, 0.5) is 0 Å². The van der Waals surface area contributed by atoms with Gasteiger partial charge in [-0.15, -0.1) is 22.7 Å². The zero-order chi connectivity index (χ0) is 14.9. The molecular formula is C17H16N2OS2. The molecule has 22 heavy (non-hydrogen) atoms. The van der Waals surface area contributed by atoms with Crippen molar-refractivity contribution in [2.45, 2.75) is 18.8 Å². The highest BCUT2D eigenvalue weighted by Crippen LogP contribution is 2.31. The molecule has 1 aliphatic rings. The molecule has 1 unspecified atom stereocenters. The van der Waals surface area contributed by atoms with E-state index in [1.165, 1.54) is 4.70 Å². The van der Waals surface area contributed by atoms with E-state index in [9.17, 15) is 4.79 Å². The minimum atomic E-state index is 0.169. The first-order chi connectivity index (χ1) is 10.8. The van der Waals surface area contributed by atoms with E-state index < -0.39 is 0 Å². The fourth-order valence-electron chi connectivity index (χ4n) is 3.04. The molecule has 1 aliphatic heterocycles. The van der Waals surface area contributed by atoms with Gasteiger partial charge >= 0.3 is 0 Å². The molecule has 1 amide bonds. The number of hydrogen-bond acceptors (Lipinski definition) is 4. The van der Waals surface area contributed by atoms with Crippen molar-refractivity contribution in [3.8, 4) is 0 Å². The number of piperidine rings is 1. The van der Waals surface area contributed by atoms with Gasteiger partial charge < -0.3 is 4.90 Å². The summed E-state index contributed by atoms with van der Waals surface area (Å²) in [6, 6.07) is 10.2. The van der Waals surface area contributed by atoms with Crippen molar-refractivity contribution < 1.29 is 4.79 Å². The number of likely N-dealkylation sites (tertiary alicyclic amines) is 1.